The summed E-state index contributed by atoms with van der Waals surface area (Å²) in [6.07, 6.45) is 4.42. The highest BCUT2D eigenvalue weighted by Gasteiger charge is 2.67. The predicted molar refractivity (Wildman–Crippen MR) is 82.0 cm³/mol. The van der Waals surface area contributed by atoms with Gasteiger partial charge in [-0.25, -0.2) is 0 Å². The minimum Gasteiger partial charge on any atom is -0.481 e. The lowest BCUT2D eigenvalue weighted by Crippen LogP contribution is -2.43. The molecular formula is C18H28O4. The van der Waals surface area contributed by atoms with Gasteiger partial charge in [0, 0.05) is 0 Å². The van der Waals surface area contributed by atoms with Crippen LogP contribution in [-0.2, 0) is 14.3 Å². The van der Waals surface area contributed by atoms with Crippen LogP contribution >= 0.6 is 0 Å². The van der Waals surface area contributed by atoms with Crippen molar-refractivity contribution >= 4 is 11.9 Å². The molecular weight excluding hydrogens is 280 g/mol. The number of ether oxygens (including phenoxy) is 1. The van der Waals surface area contributed by atoms with E-state index in [1.54, 1.807) is 6.92 Å². The van der Waals surface area contributed by atoms with Gasteiger partial charge in [0.05, 0.1) is 18.4 Å². The number of fused-ring (bicyclic) bond motifs is 5. The molecule has 0 aromatic rings. The summed E-state index contributed by atoms with van der Waals surface area (Å²) >= 11 is 0. The van der Waals surface area contributed by atoms with Crippen molar-refractivity contribution in [3.63, 3.8) is 0 Å². The molecule has 0 amide bonds. The molecule has 0 aromatic heterocycles. The summed E-state index contributed by atoms with van der Waals surface area (Å²) in [7, 11) is 0. The average molecular weight is 308 g/mol. The molecule has 0 radical (unpaired) electrons. The fourth-order valence-corrected chi connectivity index (χ4v) is 6.31. The first kappa shape index (κ1) is 15.8. The lowest BCUT2D eigenvalue weighted by Gasteiger charge is -2.38. The minimum absolute atomic E-state index is 0.184. The van der Waals surface area contributed by atoms with Gasteiger partial charge in [0.15, 0.2) is 0 Å². The summed E-state index contributed by atoms with van der Waals surface area (Å²) in [5, 5.41) is 9.72. The van der Waals surface area contributed by atoms with Gasteiger partial charge >= 0.3 is 11.9 Å². The number of carboxylic acid groups (broad SMARTS) is 1. The summed E-state index contributed by atoms with van der Waals surface area (Å²) in [6, 6.07) is 0. The summed E-state index contributed by atoms with van der Waals surface area (Å²) in [4.78, 5) is 24.2. The highest BCUT2D eigenvalue weighted by atomic mass is 16.5. The lowest BCUT2D eigenvalue weighted by atomic mass is 9.65. The first-order valence-corrected chi connectivity index (χ1v) is 8.94. The zero-order valence-electron chi connectivity index (χ0n) is 13.8. The quantitative estimate of drug-likeness (QED) is 0.792. The Hall–Kier alpha value is -1.06. The Morgan fingerprint density at radius 1 is 0.955 bits per heavy atom. The first-order chi connectivity index (χ1) is 10.5. The average Bonchev–Trinajstić information content (AvgIpc) is 3.15. The maximum Gasteiger partial charge on any atom is 0.310 e. The molecule has 0 aliphatic heterocycles. The predicted octanol–water partition coefficient (Wildman–Crippen LogP) is 3.20. The van der Waals surface area contributed by atoms with E-state index in [-0.39, 0.29) is 17.8 Å². The second-order valence-electron chi connectivity index (χ2n) is 7.43. The van der Waals surface area contributed by atoms with Crippen molar-refractivity contribution in [1.82, 2.24) is 0 Å². The van der Waals surface area contributed by atoms with Crippen LogP contribution in [0, 0.1) is 47.3 Å². The van der Waals surface area contributed by atoms with Crippen molar-refractivity contribution in [2.75, 3.05) is 6.61 Å². The van der Waals surface area contributed by atoms with E-state index in [2.05, 4.69) is 13.8 Å². The molecule has 0 aromatic carbocycles. The van der Waals surface area contributed by atoms with Gasteiger partial charge in [0.25, 0.3) is 0 Å². The van der Waals surface area contributed by atoms with Crippen LogP contribution in [0.3, 0.4) is 0 Å². The van der Waals surface area contributed by atoms with Gasteiger partial charge in [-0.2, -0.15) is 0 Å². The van der Waals surface area contributed by atoms with E-state index < -0.39 is 17.8 Å². The first-order valence-electron chi connectivity index (χ1n) is 8.94. The molecule has 8 unspecified atom stereocenters. The van der Waals surface area contributed by atoms with Gasteiger partial charge in [-0.1, -0.05) is 26.7 Å². The Bertz CT molecular complexity index is 460. The molecule has 0 spiro atoms. The van der Waals surface area contributed by atoms with Crippen molar-refractivity contribution in [3.8, 4) is 0 Å². The number of aliphatic carboxylic acids is 1. The Kier molecular flexibility index (Phi) is 4.21. The molecule has 22 heavy (non-hydrogen) atoms. The summed E-state index contributed by atoms with van der Waals surface area (Å²) < 4.78 is 5.23. The van der Waals surface area contributed by atoms with E-state index in [0.29, 0.717) is 30.3 Å². The van der Waals surface area contributed by atoms with Crippen LogP contribution in [0.1, 0.15) is 46.5 Å². The van der Waals surface area contributed by atoms with E-state index in [9.17, 15) is 14.7 Å². The van der Waals surface area contributed by atoms with E-state index in [4.69, 9.17) is 4.74 Å². The number of carbonyl (C=O) groups excluding carboxylic acids is 1. The van der Waals surface area contributed by atoms with Crippen LogP contribution < -0.4 is 0 Å². The van der Waals surface area contributed by atoms with Crippen LogP contribution in [-0.4, -0.2) is 23.7 Å². The molecule has 1 N–H and O–H groups in total. The van der Waals surface area contributed by atoms with Crippen molar-refractivity contribution in [3.05, 3.63) is 0 Å². The van der Waals surface area contributed by atoms with Crippen molar-refractivity contribution in [2.45, 2.75) is 46.5 Å². The summed E-state index contributed by atoms with van der Waals surface area (Å²) in [5.74, 6) is 0.807. The molecule has 3 saturated carbocycles. The Morgan fingerprint density at radius 3 is 1.95 bits per heavy atom. The third-order valence-electron chi connectivity index (χ3n) is 6.87. The van der Waals surface area contributed by atoms with Crippen LogP contribution in [0.4, 0.5) is 0 Å². The third-order valence-corrected chi connectivity index (χ3v) is 6.87. The van der Waals surface area contributed by atoms with Gasteiger partial charge in [0.2, 0.25) is 0 Å². The van der Waals surface area contributed by atoms with E-state index in [0.717, 1.165) is 19.3 Å². The topological polar surface area (TPSA) is 63.6 Å². The molecule has 124 valence electrons. The highest BCUT2D eigenvalue weighted by molar-refractivity contribution is 5.83. The second kappa shape index (κ2) is 5.86. The Labute approximate surface area is 132 Å². The van der Waals surface area contributed by atoms with Crippen LogP contribution in [0.25, 0.3) is 0 Å². The van der Waals surface area contributed by atoms with Crippen molar-refractivity contribution in [2.24, 2.45) is 47.3 Å². The molecule has 3 rings (SSSR count). The van der Waals surface area contributed by atoms with Crippen molar-refractivity contribution in [1.29, 1.82) is 0 Å². The maximum absolute atomic E-state index is 12.4. The van der Waals surface area contributed by atoms with Gasteiger partial charge in [-0.15, -0.1) is 0 Å². The Balaban J connectivity index is 1.93. The SMILES string of the molecule is CCOC(=O)C1C2CC(C1C(=O)O)C1C(CC)CC(CC)C21. The molecule has 0 heterocycles. The molecule has 4 heteroatoms. The highest BCUT2D eigenvalue weighted by Crippen LogP contribution is 2.67. The van der Waals surface area contributed by atoms with Gasteiger partial charge in [-0.3, -0.25) is 9.59 Å². The Morgan fingerprint density at radius 2 is 1.50 bits per heavy atom. The number of hydrogen-bond acceptors (Lipinski definition) is 3. The lowest BCUT2D eigenvalue weighted by molar-refractivity contribution is -0.163. The number of esters is 1. The molecule has 3 aliphatic carbocycles. The standard InChI is InChI=1S/C18H28O4/c1-4-9-7-10(5-2)14-12-8-11(13(9)14)15(17(19)20)16(12)18(21)22-6-3/h9-16H,4-8H2,1-3H3,(H,19,20). The maximum atomic E-state index is 12.4. The van der Waals surface area contributed by atoms with Gasteiger partial charge in [0.1, 0.15) is 0 Å². The molecule has 3 fully saturated rings. The number of hydrogen-bond donors (Lipinski definition) is 1. The molecule has 0 saturated heterocycles. The summed E-state index contributed by atoms with van der Waals surface area (Å²) in [5.41, 5.74) is 0. The fraction of sp³-hybridized carbons (Fsp3) is 0.889. The smallest absolute Gasteiger partial charge is 0.310 e. The van der Waals surface area contributed by atoms with E-state index in [1.807, 2.05) is 0 Å². The minimum atomic E-state index is -0.793. The van der Waals surface area contributed by atoms with Gasteiger partial charge in [-0.05, 0) is 55.3 Å². The number of rotatable bonds is 5. The van der Waals surface area contributed by atoms with Crippen molar-refractivity contribution < 1.29 is 19.4 Å². The second-order valence-corrected chi connectivity index (χ2v) is 7.43. The molecule has 3 aliphatic rings. The number of carboxylic acids is 1. The molecule has 8 atom stereocenters. The largest absolute Gasteiger partial charge is 0.481 e. The third kappa shape index (κ3) is 2.10. The fourth-order valence-electron chi connectivity index (χ4n) is 6.31. The normalized spacial score (nSPS) is 45.8. The molecule has 2 bridgehead atoms. The van der Waals surface area contributed by atoms with Crippen LogP contribution in [0.2, 0.25) is 0 Å². The van der Waals surface area contributed by atoms with Gasteiger partial charge < -0.3 is 9.84 Å². The summed E-state index contributed by atoms with van der Waals surface area (Å²) in [6.45, 7) is 6.59. The zero-order chi connectivity index (χ0) is 16.0. The molecule has 4 nitrogen and oxygen atoms in total. The van der Waals surface area contributed by atoms with E-state index >= 15 is 0 Å². The van der Waals surface area contributed by atoms with Crippen LogP contribution in [0.15, 0.2) is 0 Å². The zero-order valence-corrected chi connectivity index (χ0v) is 13.8. The van der Waals surface area contributed by atoms with E-state index in [1.165, 1.54) is 6.42 Å². The number of carbonyl (C=O) groups is 2. The van der Waals surface area contributed by atoms with Crippen LogP contribution in [0.5, 0.6) is 0 Å². The monoisotopic (exact) mass is 308 g/mol.